The van der Waals surface area contributed by atoms with Gasteiger partial charge in [-0.15, -0.1) is 0 Å². The Morgan fingerprint density at radius 1 is 1.40 bits per heavy atom. The average molecular weight is 274 g/mol. The average Bonchev–Trinajstić information content (AvgIpc) is 2.05. The Morgan fingerprint density at radius 2 is 2.00 bits per heavy atom. The van der Waals surface area contributed by atoms with Gasteiger partial charge in [-0.05, 0) is 46.9 Å². The van der Waals surface area contributed by atoms with Crippen LogP contribution in [0.15, 0.2) is 18.2 Å². The van der Waals surface area contributed by atoms with E-state index in [0.717, 1.165) is 18.2 Å². The summed E-state index contributed by atoms with van der Waals surface area (Å²) in [5.74, 6) is -1.10. The molecule has 4 nitrogen and oxygen atoms in total. The summed E-state index contributed by atoms with van der Waals surface area (Å²) in [4.78, 5) is 9.45. The first-order chi connectivity index (χ1) is 6.79. The SMILES string of the molecule is O=[N+]([O-])c1cc(OC(Cl)(Cl)Cl)ccc1F. The third-order valence-corrected chi connectivity index (χ3v) is 1.58. The highest BCUT2D eigenvalue weighted by molar-refractivity contribution is 6.66. The number of hydrogen-bond acceptors (Lipinski definition) is 3. The fraction of sp³-hybridized carbons (Fsp3) is 0.143. The van der Waals surface area contributed by atoms with Crippen molar-refractivity contribution in [2.24, 2.45) is 0 Å². The lowest BCUT2D eigenvalue weighted by Gasteiger charge is -2.13. The standard InChI is InChI=1S/C7H3Cl3FNO3/c8-7(9,10)15-4-1-2-5(11)6(3-4)12(13)14/h1-3H. The van der Waals surface area contributed by atoms with E-state index in [-0.39, 0.29) is 5.75 Å². The van der Waals surface area contributed by atoms with Crippen LogP contribution >= 0.6 is 34.8 Å². The number of nitro benzene ring substituents is 1. The second-order valence-electron chi connectivity index (χ2n) is 2.42. The van der Waals surface area contributed by atoms with Crippen LogP contribution in [0.5, 0.6) is 5.75 Å². The van der Waals surface area contributed by atoms with E-state index in [0.29, 0.717) is 0 Å². The van der Waals surface area contributed by atoms with Crippen molar-refractivity contribution in [3.8, 4) is 5.75 Å². The van der Waals surface area contributed by atoms with Crippen molar-refractivity contribution >= 4 is 40.5 Å². The molecule has 0 aliphatic rings. The predicted molar refractivity (Wildman–Crippen MR) is 54.0 cm³/mol. The van der Waals surface area contributed by atoms with Crippen LogP contribution < -0.4 is 4.74 Å². The minimum atomic E-state index is -2.05. The Labute approximate surface area is 98.6 Å². The molecule has 0 bridgehead atoms. The van der Waals surface area contributed by atoms with E-state index in [4.69, 9.17) is 34.8 Å². The van der Waals surface area contributed by atoms with Crippen molar-refractivity contribution < 1.29 is 14.1 Å². The van der Waals surface area contributed by atoms with Crippen LogP contribution in [0.4, 0.5) is 10.1 Å². The molecule has 0 saturated heterocycles. The molecule has 0 N–H and O–H groups in total. The predicted octanol–water partition coefficient (Wildman–Crippen LogP) is 3.44. The molecule has 1 aromatic rings. The largest absolute Gasteiger partial charge is 0.445 e. The third-order valence-electron chi connectivity index (χ3n) is 1.35. The van der Waals surface area contributed by atoms with E-state index in [9.17, 15) is 14.5 Å². The number of ether oxygens (including phenoxy) is 1. The van der Waals surface area contributed by atoms with Crippen LogP contribution in [-0.2, 0) is 0 Å². The third kappa shape index (κ3) is 3.70. The van der Waals surface area contributed by atoms with E-state index in [1.807, 2.05) is 0 Å². The van der Waals surface area contributed by atoms with Crippen molar-refractivity contribution in [1.82, 2.24) is 0 Å². The van der Waals surface area contributed by atoms with Gasteiger partial charge in [-0.25, -0.2) is 0 Å². The molecule has 82 valence electrons. The topological polar surface area (TPSA) is 52.4 Å². The van der Waals surface area contributed by atoms with Gasteiger partial charge in [0.1, 0.15) is 5.75 Å². The summed E-state index contributed by atoms with van der Waals surface area (Å²) in [6, 6.07) is 2.80. The number of benzene rings is 1. The van der Waals surface area contributed by atoms with Gasteiger partial charge >= 0.3 is 9.67 Å². The van der Waals surface area contributed by atoms with Crippen molar-refractivity contribution in [3.63, 3.8) is 0 Å². The van der Waals surface area contributed by atoms with Crippen molar-refractivity contribution in [3.05, 3.63) is 34.1 Å². The van der Waals surface area contributed by atoms with Gasteiger partial charge in [0.25, 0.3) is 0 Å². The van der Waals surface area contributed by atoms with Crippen LogP contribution in [0.25, 0.3) is 0 Å². The molecule has 0 aliphatic carbocycles. The van der Waals surface area contributed by atoms with Gasteiger partial charge < -0.3 is 4.74 Å². The molecule has 0 amide bonds. The molecule has 1 aromatic carbocycles. The first-order valence-corrected chi connectivity index (χ1v) is 4.62. The van der Waals surface area contributed by atoms with Gasteiger partial charge in [0.2, 0.25) is 5.82 Å². The number of nitro groups is 1. The summed E-state index contributed by atoms with van der Waals surface area (Å²) in [5.41, 5.74) is -0.748. The Bertz CT molecular complexity index is 394. The number of rotatable bonds is 2. The minimum Gasteiger partial charge on any atom is -0.445 e. The lowest BCUT2D eigenvalue weighted by atomic mass is 10.3. The molecule has 8 heteroatoms. The van der Waals surface area contributed by atoms with Crippen molar-refractivity contribution in [2.75, 3.05) is 0 Å². The lowest BCUT2D eigenvalue weighted by molar-refractivity contribution is -0.387. The molecule has 0 fully saturated rings. The van der Waals surface area contributed by atoms with E-state index in [1.54, 1.807) is 0 Å². The summed E-state index contributed by atoms with van der Waals surface area (Å²) in [5, 5.41) is 10.4. The fourth-order valence-electron chi connectivity index (χ4n) is 0.830. The Morgan fingerprint density at radius 3 is 2.47 bits per heavy atom. The molecule has 0 radical (unpaired) electrons. The molecule has 0 spiro atoms. The Kier molecular flexibility index (Phi) is 3.59. The van der Waals surface area contributed by atoms with Crippen LogP contribution in [-0.4, -0.2) is 8.90 Å². The lowest BCUT2D eigenvalue weighted by Crippen LogP contribution is -2.12. The first kappa shape index (κ1) is 12.3. The summed E-state index contributed by atoms with van der Waals surface area (Å²) in [7, 11) is 0. The second kappa shape index (κ2) is 4.38. The minimum absolute atomic E-state index is 0.108. The zero-order valence-corrected chi connectivity index (χ0v) is 9.18. The normalized spacial score (nSPS) is 11.2. The van der Waals surface area contributed by atoms with E-state index in [2.05, 4.69) is 4.74 Å². The zero-order chi connectivity index (χ0) is 11.6. The number of halogens is 4. The van der Waals surface area contributed by atoms with Crippen molar-refractivity contribution in [2.45, 2.75) is 3.98 Å². The molecule has 0 aromatic heterocycles. The second-order valence-corrected chi connectivity index (χ2v) is 4.60. The molecule has 0 saturated carbocycles. The maximum absolute atomic E-state index is 12.9. The summed E-state index contributed by atoms with van der Waals surface area (Å²) >= 11 is 15.9. The van der Waals surface area contributed by atoms with Gasteiger partial charge in [-0.1, -0.05) is 0 Å². The molecule has 0 atom stereocenters. The number of hydrogen-bond donors (Lipinski definition) is 0. The summed E-state index contributed by atoms with van der Waals surface area (Å²) in [6.07, 6.45) is 0. The monoisotopic (exact) mass is 273 g/mol. The number of nitrogens with zero attached hydrogens (tertiary/aromatic N) is 1. The Hall–Kier alpha value is -0.780. The quantitative estimate of drug-likeness (QED) is 0.471. The molecule has 0 heterocycles. The molecular formula is C7H3Cl3FNO3. The maximum Gasteiger partial charge on any atom is 0.338 e. The highest BCUT2D eigenvalue weighted by Gasteiger charge is 2.24. The van der Waals surface area contributed by atoms with E-state index < -0.39 is 20.4 Å². The van der Waals surface area contributed by atoms with E-state index >= 15 is 0 Å². The van der Waals surface area contributed by atoms with Gasteiger partial charge in [0.05, 0.1) is 11.0 Å². The smallest absolute Gasteiger partial charge is 0.338 e. The molecule has 15 heavy (non-hydrogen) atoms. The van der Waals surface area contributed by atoms with Gasteiger partial charge in [-0.2, -0.15) is 4.39 Å². The van der Waals surface area contributed by atoms with Crippen molar-refractivity contribution in [1.29, 1.82) is 0 Å². The Balaban J connectivity index is 3.03. The van der Waals surface area contributed by atoms with Gasteiger partial charge in [0.15, 0.2) is 0 Å². The summed E-state index contributed by atoms with van der Waals surface area (Å²) < 4.78 is 15.5. The molecule has 0 unspecified atom stereocenters. The van der Waals surface area contributed by atoms with Gasteiger partial charge in [0, 0.05) is 0 Å². The first-order valence-electron chi connectivity index (χ1n) is 3.49. The molecule has 1 rings (SSSR count). The summed E-state index contributed by atoms with van der Waals surface area (Å²) in [6.45, 7) is 0. The maximum atomic E-state index is 12.9. The van der Waals surface area contributed by atoms with Crippen LogP contribution in [0.2, 0.25) is 0 Å². The van der Waals surface area contributed by atoms with Gasteiger partial charge in [-0.3, -0.25) is 10.1 Å². The van der Waals surface area contributed by atoms with Crippen LogP contribution in [0.3, 0.4) is 0 Å². The highest BCUT2D eigenvalue weighted by atomic mass is 35.6. The van der Waals surface area contributed by atoms with E-state index in [1.165, 1.54) is 0 Å². The van der Waals surface area contributed by atoms with Crippen LogP contribution in [0.1, 0.15) is 0 Å². The zero-order valence-electron chi connectivity index (χ0n) is 6.92. The van der Waals surface area contributed by atoms with Crippen LogP contribution in [0, 0.1) is 15.9 Å². The molecular weight excluding hydrogens is 271 g/mol. The molecule has 0 aliphatic heterocycles. The fourth-order valence-corrected chi connectivity index (χ4v) is 1.10. The highest BCUT2D eigenvalue weighted by Crippen LogP contribution is 2.32. The number of alkyl halides is 3.